The van der Waals surface area contributed by atoms with E-state index in [1.165, 1.54) is 12.1 Å². The van der Waals surface area contributed by atoms with Crippen molar-refractivity contribution >= 4 is 17.3 Å². The summed E-state index contributed by atoms with van der Waals surface area (Å²) >= 11 is 0. The molecule has 26 heavy (non-hydrogen) atoms. The molecule has 0 unspecified atom stereocenters. The zero-order chi connectivity index (χ0) is 19.3. The fraction of sp³-hybridized carbons (Fsp3) is 0.263. The first-order valence-corrected chi connectivity index (χ1v) is 8.27. The van der Waals surface area contributed by atoms with Crippen LogP contribution < -0.4 is 10.7 Å². The van der Waals surface area contributed by atoms with Crippen LogP contribution in [0.3, 0.4) is 0 Å². The van der Waals surface area contributed by atoms with Crippen LogP contribution in [0.2, 0.25) is 0 Å². The Hall–Kier alpha value is -3.22. The predicted octanol–water partition coefficient (Wildman–Crippen LogP) is 2.84. The Labute approximate surface area is 152 Å². The highest BCUT2D eigenvalue weighted by atomic mass is 16.3. The lowest BCUT2D eigenvalue weighted by atomic mass is 10.0. The molecule has 0 aromatic heterocycles. The molecule has 138 valence electrons. The lowest BCUT2D eigenvalue weighted by Gasteiger charge is -2.15. The number of amides is 1. The summed E-state index contributed by atoms with van der Waals surface area (Å²) in [5.74, 6) is -0.332. The van der Waals surface area contributed by atoms with Gasteiger partial charge in [0.05, 0.1) is 5.71 Å². The predicted molar refractivity (Wildman–Crippen MR) is 101 cm³/mol. The molecule has 0 saturated heterocycles. The number of hydrogen-bond acceptors (Lipinski definition) is 6. The molecule has 2 aromatic rings. The summed E-state index contributed by atoms with van der Waals surface area (Å²) < 4.78 is 0. The van der Waals surface area contributed by atoms with E-state index in [0.29, 0.717) is 28.9 Å². The minimum atomic E-state index is -0.589. The number of anilines is 1. The average molecular weight is 357 g/mol. The van der Waals surface area contributed by atoms with Crippen LogP contribution in [0.25, 0.3) is 0 Å². The molecule has 0 aliphatic rings. The second-order valence-electron chi connectivity index (χ2n) is 5.91. The van der Waals surface area contributed by atoms with Crippen LogP contribution in [-0.4, -0.2) is 33.0 Å². The van der Waals surface area contributed by atoms with Gasteiger partial charge in [0.25, 0.3) is 5.91 Å². The maximum atomic E-state index is 12.2. The van der Waals surface area contributed by atoms with E-state index in [1.807, 2.05) is 6.92 Å². The van der Waals surface area contributed by atoms with E-state index in [0.717, 1.165) is 0 Å². The molecule has 0 spiro atoms. The zero-order valence-electron chi connectivity index (χ0n) is 14.9. The second kappa shape index (κ2) is 8.24. The van der Waals surface area contributed by atoms with Crippen molar-refractivity contribution in [2.45, 2.75) is 33.2 Å². The maximum Gasteiger partial charge on any atom is 0.262 e. The minimum absolute atomic E-state index is 0.00493. The summed E-state index contributed by atoms with van der Waals surface area (Å²) in [6, 6.07) is 8.91. The minimum Gasteiger partial charge on any atom is -0.508 e. The summed E-state index contributed by atoms with van der Waals surface area (Å²) in [5.41, 5.74) is 4.39. The highest BCUT2D eigenvalue weighted by molar-refractivity contribution is 6.03. The number of rotatable bonds is 6. The van der Waals surface area contributed by atoms with Crippen LogP contribution in [0.4, 0.5) is 5.69 Å². The molecule has 0 radical (unpaired) electrons. The van der Waals surface area contributed by atoms with Crippen LogP contribution in [0.15, 0.2) is 41.5 Å². The Balaban J connectivity index is 2.10. The summed E-state index contributed by atoms with van der Waals surface area (Å²) in [7, 11) is 0. The van der Waals surface area contributed by atoms with Gasteiger partial charge in [-0.15, -0.1) is 0 Å². The summed E-state index contributed by atoms with van der Waals surface area (Å²) in [6.07, 6.45) is 0.479. The Morgan fingerprint density at radius 2 is 1.92 bits per heavy atom. The number of phenols is 3. The number of nitrogens with zero attached hydrogens (tertiary/aromatic N) is 1. The van der Waals surface area contributed by atoms with Gasteiger partial charge in [-0.3, -0.25) is 4.79 Å². The van der Waals surface area contributed by atoms with E-state index in [4.69, 9.17) is 0 Å². The standard InChI is InChI=1S/C19H23N3O4/c1-4-16(15-8-9-17(24)11(2)18(15)25)21-22-19(26)12(3)20-13-6-5-7-14(23)10-13/h5-10,12,20,23-25H,4H2,1-3H3,(H,22,26)/b21-16+/t12-/m0/s1. The number of hydrogen-bond donors (Lipinski definition) is 5. The van der Waals surface area contributed by atoms with Crippen LogP contribution in [0.5, 0.6) is 17.2 Å². The van der Waals surface area contributed by atoms with Crippen LogP contribution >= 0.6 is 0 Å². The van der Waals surface area contributed by atoms with Gasteiger partial charge in [-0.1, -0.05) is 13.0 Å². The Morgan fingerprint density at radius 3 is 2.58 bits per heavy atom. The zero-order valence-corrected chi connectivity index (χ0v) is 14.9. The van der Waals surface area contributed by atoms with Crippen molar-refractivity contribution in [2.75, 3.05) is 5.32 Å². The van der Waals surface area contributed by atoms with Crippen molar-refractivity contribution in [3.8, 4) is 17.2 Å². The largest absolute Gasteiger partial charge is 0.508 e. The van der Waals surface area contributed by atoms with Gasteiger partial charge in [0.2, 0.25) is 0 Å². The van der Waals surface area contributed by atoms with E-state index in [2.05, 4.69) is 15.8 Å². The summed E-state index contributed by atoms with van der Waals surface area (Å²) in [4.78, 5) is 12.2. The fourth-order valence-corrected chi connectivity index (χ4v) is 2.38. The van der Waals surface area contributed by atoms with Gasteiger partial charge in [0.15, 0.2) is 0 Å². The fourth-order valence-electron chi connectivity index (χ4n) is 2.38. The van der Waals surface area contributed by atoms with Gasteiger partial charge in [0.1, 0.15) is 23.3 Å². The normalized spacial score (nSPS) is 12.5. The monoisotopic (exact) mass is 357 g/mol. The van der Waals surface area contributed by atoms with Gasteiger partial charge in [-0.05, 0) is 44.5 Å². The lowest BCUT2D eigenvalue weighted by Crippen LogP contribution is -2.35. The van der Waals surface area contributed by atoms with Crippen LogP contribution in [0, 0.1) is 6.92 Å². The highest BCUT2D eigenvalue weighted by Gasteiger charge is 2.15. The molecule has 0 fully saturated rings. The smallest absolute Gasteiger partial charge is 0.262 e. The summed E-state index contributed by atoms with van der Waals surface area (Å²) in [6.45, 7) is 5.12. The Kier molecular flexibility index (Phi) is 6.06. The van der Waals surface area contributed by atoms with Crippen molar-refractivity contribution in [3.05, 3.63) is 47.5 Å². The molecular weight excluding hydrogens is 334 g/mol. The van der Waals surface area contributed by atoms with Gasteiger partial charge in [0, 0.05) is 22.9 Å². The second-order valence-corrected chi connectivity index (χ2v) is 5.91. The maximum absolute atomic E-state index is 12.2. The van der Waals surface area contributed by atoms with Crippen molar-refractivity contribution < 1.29 is 20.1 Å². The lowest BCUT2D eigenvalue weighted by molar-refractivity contribution is -0.121. The van der Waals surface area contributed by atoms with Gasteiger partial charge < -0.3 is 20.6 Å². The SMILES string of the molecule is CC/C(=N\NC(=O)[C@H](C)Nc1cccc(O)c1)c1ccc(O)c(C)c1O. The molecule has 5 N–H and O–H groups in total. The third kappa shape index (κ3) is 4.44. The first kappa shape index (κ1) is 19.1. The van der Waals surface area contributed by atoms with Crippen LogP contribution in [-0.2, 0) is 4.79 Å². The van der Waals surface area contributed by atoms with Gasteiger partial charge in [-0.25, -0.2) is 5.43 Å². The molecule has 2 rings (SSSR count). The number of benzene rings is 2. The van der Waals surface area contributed by atoms with Crippen molar-refractivity contribution in [1.29, 1.82) is 0 Å². The molecule has 1 amide bonds. The number of carbonyl (C=O) groups excluding carboxylic acids is 1. The molecule has 2 aromatic carbocycles. The Morgan fingerprint density at radius 1 is 1.19 bits per heavy atom. The Bertz CT molecular complexity index is 834. The number of phenolic OH excluding ortho intramolecular Hbond substituents is 3. The molecule has 0 saturated carbocycles. The molecule has 7 heteroatoms. The van der Waals surface area contributed by atoms with Crippen LogP contribution in [0.1, 0.15) is 31.4 Å². The third-order valence-corrected chi connectivity index (χ3v) is 3.97. The van der Waals surface area contributed by atoms with E-state index in [9.17, 15) is 20.1 Å². The first-order valence-electron chi connectivity index (χ1n) is 8.27. The van der Waals surface area contributed by atoms with Gasteiger partial charge in [-0.2, -0.15) is 5.10 Å². The molecule has 0 bridgehead atoms. The molecule has 0 aliphatic carbocycles. The van der Waals surface area contributed by atoms with Crippen molar-refractivity contribution in [2.24, 2.45) is 5.10 Å². The summed E-state index contributed by atoms with van der Waals surface area (Å²) in [5, 5.41) is 36.4. The quantitative estimate of drug-likeness (QED) is 0.403. The number of aromatic hydroxyl groups is 3. The van der Waals surface area contributed by atoms with E-state index in [1.54, 1.807) is 38.1 Å². The number of hydrazone groups is 1. The molecule has 1 atom stereocenters. The molecule has 0 aliphatic heterocycles. The average Bonchev–Trinajstić information content (AvgIpc) is 2.61. The van der Waals surface area contributed by atoms with E-state index >= 15 is 0 Å². The van der Waals surface area contributed by atoms with E-state index in [-0.39, 0.29) is 23.2 Å². The number of nitrogens with one attached hydrogen (secondary N) is 2. The molecule has 0 heterocycles. The van der Waals surface area contributed by atoms with Crippen molar-refractivity contribution in [1.82, 2.24) is 5.43 Å². The van der Waals surface area contributed by atoms with E-state index < -0.39 is 6.04 Å². The topological polar surface area (TPSA) is 114 Å². The molecular formula is C19H23N3O4. The third-order valence-electron chi connectivity index (χ3n) is 3.97. The van der Waals surface area contributed by atoms with Crippen molar-refractivity contribution in [3.63, 3.8) is 0 Å². The van der Waals surface area contributed by atoms with Gasteiger partial charge >= 0.3 is 0 Å². The highest BCUT2D eigenvalue weighted by Crippen LogP contribution is 2.30. The molecule has 7 nitrogen and oxygen atoms in total. The number of carbonyl (C=O) groups is 1. The first-order chi connectivity index (χ1) is 12.3.